The van der Waals surface area contributed by atoms with Crippen molar-refractivity contribution in [3.8, 4) is 11.5 Å². The van der Waals surface area contributed by atoms with Gasteiger partial charge in [-0.3, -0.25) is 4.79 Å². The predicted octanol–water partition coefficient (Wildman–Crippen LogP) is 4.86. The number of rotatable bonds is 9. The third-order valence-electron chi connectivity index (χ3n) is 4.50. The molecule has 0 spiro atoms. The van der Waals surface area contributed by atoms with E-state index < -0.39 is 11.9 Å². The highest BCUT2D eigenvalue weighted by Crippen LogP contribution is 2.27. The lowest BCUT2D eigenvalue weighted by Crippen LogP contribution is -2.16. The van der Waals surface area contributed by atoms with E-state index in [1.807, 2.05) is 85.8 Å². The van der Waals surface area contributed by atoms with E-state index in [1.165, 1.54) is 0 Å². The minimum atomic E-state index is -0.844. The largest absolute Gasteiger partial charge is 0.490 e. The van der Waals surface area contributed by atoms with Gasteiger partial charge in [-0.1, -0.05) is 60.7 Å². The molecule has 3 aromatic carbocycles. The number of hydrogen-bond acceptors (Lipinski definition) is 3. The molecule has 1 N–H and O–H groups in total. The molecule has 4 nitrogen and oxygen atoms in total. The number of carboxylic acid groups (broad SMARTS) is 1. The van der Waals surface area contributed by atoms with Crippen molar-refractivity contribution in [2.45, 2.75) is 19.3 Å². The second-order valence-electron chi connectivity index (χ2n) is 6.63. The van der Waals surface area contributed by atoms with Gasteiger partial charge in [0.1, 0.15) is 24.7 Å². The molecule has 0 saturated heterocycles. The number of hydrogen-bond donors (Lipinski definition) is 1. The predicted molar refractivity (Wildman–Crippen MR) is 109 cm³/mol. The first kappa shape index (κ1) is 19.5. The summed E-state index contributed by atoms with van der Waals surface area (Å²) in [6, 6.07) is 24.7. The number of ether oxygens (including phenoxy) is 2. The number of benzene rings is 3. The summed E-state index contributed by atoms with van der Waals surface area (Å²) in [6.45, 7) is 2.82. The number of carbonyl (C=O) groups is 1. The van der Waals surface area contributed by atoms with Gasteiger partial charge in [0.25, 0.3) is 0 Å². The quantitative estimate of drug-likeness (QED) is 0.542. The summed E-state index contributed by atoms with van der Waals surface area (Å²) < 4.78 is 11.6. The van der Waals surface area contributed by atoms with Crippen LogP contribution in [0.3, 0.4) is 0 Å². The molecule has 0 aliphatic heterocycles. The average Bonchev–Trinajstić information content (AvgIpc) is 2.71. The number of carboxylic acids is 1. The molecular formula is C24H24O4. The second-order valence-corrected chi connectivity index (χ2v) is 6.63. The molecule has 0 bridgehead atoms. The third kappa shape index (κ3) is 5.36. The molecule has 0 fully saturated rings. The molecular weight excluding hydrogens is 352 g/mol. The molecule has 0 heterocycles. The Morgan fingerprint density at radius 1 is 0.893 bits per heavy atom. The Morgan fingerprint density at radius 2 is 1.61 bits per heavy atom. The zero-order valence-corrected chi connectivity index (χ0v) is 15.9. The maximum absolute atomic E-state index is 11.8. The van der Waals surface area contributed by atoms with Gasteiger partial charge in [-0.2, -0.15) is 0 Å². The van der Waals surface area contributed by atoms with Crippen LogP contribution < -0.4 is 9.47 Å². The van der Waals surface area contributed by atoms with Gasteiger partial charge in [-0.25, -0.2) is 0 Å². The molecule has 0 aromatic heterocycles. The van der Waals surface area contributed by atoms with Crippen molar-refractivity contribution in [1.82, 2.24) is 0 Å². The normalized spacial score (nSPS) is 11.6. The minimum absolute atomic E-state index is 0.369. The van der Waals surface area contributed by atoms with Crippen LogP contribution in [0.25, 0.3) is 0 Å². The van der Waals surface area contributed by atoms with Crippen LogP contribution in [0.5, 0.6) is 11.5 Å². The summed E-state index contributed by atoms with van der Waals surface area (Å²) >= 11 is 0. The van der Waals surface area contributed by atoms with Crippen LogP contribution in [0.4, 0.5) is 0 Å². The van der Waals surface area contributed by atoms with Crippen molar-refractivity contribution in [3.63, 3.8) is 0 Å². The van der Waals surface area contributed by atoms with Gasteiger partial charge in [0.05, 0.1) is 5.92 Å². The minimum Gasteiger partial charge on any atom is -0.490 e. The van der Waals surface area contributed by atoms with Gasteiger partial charge < -0.3 is 14.6 Å². The van der Waals surface area contributed by atoms with E-state index in [0.717, 1.165) is 22.4 Å². The Hall–Kier alpha value is -3.27. The van der Waals surface area contributed by atoms with Crippen molar-refractivity contribution >= 4 is 5.97 Å². The molecule has 0 aliphatic rings. The SMILES string of the molecule is Cc1cccc(OCCOc2ccccc2CC(C(=O)O)c2ccccc2)c1. The fourth-order valence-electron chi connectivity index (χ4n) is 3.08. The van der Waals surface area contributed by atoms with E-state index >= 15 is 0 Å². The first-order chi connectivity index (χ1) is 13.6. The maximum Gasteiger partial charge on any atom is 0.311 e. The van der Waals surface area contributed by atoms with Crippen LogP contribution >= 0.6 is 0 Å². The molecule has 3 aromatic rings. The summed E-state index contributed by atoms with van der Waals surface area (Å²) in [4.78, 5) is 11.8. The van der Waals surface area contributed by atoms with Crippen LogP contribution in [0.15, 0.2) is 78.9 Å². The van der Waals surface area contributed by atoms with E-state index in [-0.39, 0.29) is 0 Å². The molecule has 28 heavy (non-hydrogen) atoms. The zero-order chi connectivity index (χ0) is 19.8. The van der Waals surface area contributed by atoms with E-state index in [4.69, 9.17) is 9.47 Å². The summed E-state index contributed by atoms with van der Waals surface area (Å²) in [7, 11) is 0. The highest BCUT2D eigenvalue weighted by molar-refractivity contribution is 5.76. The third-order valence-corrected chi connectivity index (χ3v) is 4.50. The molecule has 0 radical (unpaired) electrons. The van der Waals surface area contributed by atoms with Crippen LogP contribution in [0.2, 0.25) is 0 Å². The highest BCUT2D eigenvalue weighted by Gasteiger charge is 2.21. The van der Waals surface area contributed by atoms with Gasteiger partial charge >= 0.3 is 5.97 Å². The van der Waals surface area contributed by atoms with Crippen LogP contribution in [-0.4, -0.2) is 24.3 Å². The first-order valence-corrected chi connectivity index (χ1v) is 9.31. The topological polar surface area (TPSA) is 55.8 Å². The Labute approximate surface area is 165 Å². The molecule has 3 rings (SSSR count). The average molecular weight is 376 g/mol. The van der Waals surface area contributed by atoms with Crippen molar-refractivity contribution in [1.29, 1.82) is 0 Å². The van der Waals surface area contributed by atoms with Crippen LogP contribution in [-0.2, 0) is 11.2 Å². The van der Waals surface area contributed by atoms with Crippen molar-refractivity contribution in [3.05, 3.63) is 95.6 Å². The standard InChI is InChI=1S/C24H24O4/c1-18-8-7-12-21(16-18)27-14-15-28-23-13-6-5-11-20(23)17-22(24(25)26)19-9-3-2-4-10-19/h2-13,16,22H,14-15,17H2,1H3,(H,25,26). The summed E-state index contributed by atoms with van der Waals surface area (Å²) in [5.41, 5.74) is 2.80. The Morgan fingerprint density at radius 3 is 2.36 bits per heavy atom. The van der Waals surface area contributed by atoms with Crippen molar-refractivity contribution in [2.75, 3.05) is 13.2 Å². The fraction of sp³-hybridized carbons (Fsp3) is 0.208. The monoisotopic (exact) mass is 376 g/mol. The highest BCUT2D eigenvalue weighted by atomic mass is 16.5. The van der Waals surface area contributed by atoms with Crippen molar-refractivity contribution in [2.24, 2.45) is 0 Å². The summed E-state index contributed by atoms with van der Waals surface area (Å²) in [6.07, 6.45) is 0.369. The molecule has 0 saturated carbocycles. The van der Waals surface area contributed by atoms with E-state index in [9.17, 15) is 9.90 Å². The molecule has 0 aliphatic carbocycles. The van der Waals surface area contributed by atoms with Gasteiger partial charge in [0.2, 0.25) is 0 Å². The van der Waals surface area contributed by atoms with E-state index in [0.29, 0.717) is 25.4 Å². The summed E-state index contributed by atoms with van der Waals surface area (Å²) in [5.74, 6) is 0.0442. The molecule has 1 unspecified atom stereocenters. The lowest BCUT2D eigenvalue weighted by Gasteiger charge is -2.16. The van der Waals surface area contributed by atoms with E-state index in [1.54, 1.807) is 0 Å². The fourth-order valence-corrected chi connectivity index (χ4v) is 3.08. The molecule has 144 valence electrons. The zero-order valence-electron chi connectivity index (χ0n) is 15.9. The lowest BCUT2D eigenvalue weighted by molar-refractivity contribution is -0.138. The maximum atomic E-state index is 11.8. The van der Waals surface area contributed by atoms with Crippen molar-refractivity contribution < 1.29 is 19.4 Å². The van der Waals surface area contributed by atoms with Gasteiger partial charge in [0.15, 0.2) is 0 Å². The lowest BCUT2D eigenvalue weighted by atomic mass is 9.92. The number of para-hydroxylation sites is 1. The molecule has 1 atom stereocenters. The number of aliphatic carboxylic acids is 1. The Kier molecular flexibility index (Phi) is 6.68. The Bertz CT molecular complexity index is 905. The van der Waals surface area contributed by atoms with E-state index in [2.05, 4.69) is 0 Å². The Balaban J connectivity index is 1.63. The first-order valence-electron chi connectivity index (χ1n) is 9.31. The summed E-state index contributed by atoms with van der Waals surface area (Å²) in [5, 5.41) is 9.68. The second kappa shape index (κ2) is 9.60. The smallest absolute Gasteiger partial charge is 0.311 e. The van der Waals surface area contributed by atoms with Gasteiger partial charge in [-0.05, 0) is 48.2 Å². The molecule has 4 heteroatoms. The van der Waals surface area contributed by atoms with Gasteiger partial charge in [-0.15, -0.1) is 0 Å². The van der Waals surface area contributed by atoms with Crippen LogP contribution in [0.1, 0.15) is 22.6 Å². The van der Waals surface area contributed by atoms with Crippen LogP contribution in [0, 0.1) is 6.92 Å². The molecule has 0 amide bonds. The number of aryl methyl sites for hydroxylation is 1. The van der Waals surface area contributed by atoms with Gasteiger partial charge in [0, 0.05) is 0 Å².